The minimum absolute atomic E-state index is 0.319. The molecule has 0 radical (unpaired) electrons. The molecular formula is C12H21O5P. The van der Waals surface area contributed by atoms with Crippen LogP contribution in [0.1, 0.15) is 40.0 Å². The highest BCUT2D eigenvalue weighted by Crippen LogP contribution is 2.58. The topological polar surface area (TPSA) is 61.8 Å². The van der Waals surface area contributed by atoms with Gasteiger partial charge in [-0.1, -0.05) is 0 Å². The van der Waals surface area contributed by atoms with Crippen LogP contribution >= 0.6 is 7.60 Å². The quantitative estimate of drug-likeness (QED) is 0.550. The zero-order chi connectivity index (χ0) is 13.6. The number of ether oxygens (including phenoxy) is 1. The van der Waals surface area contributed by atoms with E-state index in [1.54, 1.807) is 19.9 Å². The Balaban J connectivity index is 2.86. The van der Waals surface area contributed by atoms with Gasteiger partial charge in [0.15, 0.2) is 0 Å². The zero-order valence-corrected chi connectivity index (χ0v) is 12.1. The maximum atomic E-state index is 12.5. The van der Waals surface area contributed by atoms with Gasteiger partial charge < -0.3 is 13.8 Å². The van der Waals surface area contributed by atoms with Crippen LogP contribution in [0.2, 0.25) is 0 Å². The average molecular weight is 276 g/mol. The van der Waals surface area contributed by atoms with Crippen molar-refractivity contribution < 1.29 is 23.1 Å². The lowest BCUT2D eigenvalue weighted by atomic mass is 10.1. The second-order valence-corrected chi connectivity index (χ2v) is 6.12. The van der Waals surface area contributed by atoms with Crippen LogP contribution in [0.4, 0.5) is 0 Å². The number of carbonyl (C=O) groups excluding carboxylic acids is 1. The normalized spacial score (nSPS) is 20.4. The number of carbonyl (C=O) groups is 1. The number of hydrogen-bond donors (Lipinski definition) is 0. The van der Waals surface area contributed by atoms with Crippen molar-refractivity contribution in [2.45, 2.75) is 46.1 Å². The van der Waals surface area contributed by atoms with Gasteiger partial charge in [-0.3, -0.25) is 9.36 Å². The van der Waals surface area contributed by atoms with Crippen LogP contribution in [0.25, 0.3) is 0 Å². The van der Waals surface area contributed by atoms with Gasteiger partial charge in [0.2, 0.25) is 0 Å². The first-order valence-corrected chi connectivity index (χ1v) is 7.83. The van der Waals surface area contributed by atoms with Gasteiger partial charge in [0.05, 0.1) is 13.2 Å². The van der Waals surface area contributed by atoms with Crippen molar-refractivity contribution in [2.24, 2.45) is 0 Å². The maximum absolute atomic E-state index is 12.5. The molecule has 0 aromatic carbocycles. The first-order chi connectivity index (χ1) is 8.51. The minimum atomic E-state index is -3.21. The van der Waals surface area contributed by atoms with Gasteiger partial charge in [-0.2, -0.15) is 0 Å². The Kier molecular flexibility index (Phi) is 6.06. The highest BCUT2D eigenvalue weighted by Gasteiger charge is 2.32. The summed E-state index contributed by atoms with van der Waals surface area (Å²) < 4.78 is 28.2. The second kappa shape index (κ2) is 7.07. The molecule has 5 nitrogen and oxygen atoms in total. The Morgan fingerprint density at radius 1 is 1.39 bits per heavy atom. The van der Waals surface area contributed by atoms with Gasteiger partial charge in [-0.15, -0.1) is 0 Å². The molecule has 18 heavy (non-hydrogen) atoms. The predicted octanol–water partition coefficient (Wildman–Crippen LogP) is 3.25. The average Bonchev–Trinajstić information content (AvgIpc) is 2.29. The van der Waals surface area contributed by atoms with Crippen molar-refractivity contribution in [3.8, 4) is 0 Å². The van der Waals surface area contributed by atoms with Crippen LogP contribution in [0, 0.1) is 0 Å². The Bertz CT molecular complexity index is 353. The van der Waals surface area contributed by atoms with Gasteiger partial charge in [-0.05, 0) is 39.2 Å². The summed E-state index contributed by atoms with van der Waals surface area (Å²) >= 11 is 0. The summed E-state index contributed by atoms with van der Waals surface area (Å²) in [6, 6.07) is 0. The number of hydrogen-bond acceptors (Lipinski definition) is 5. The third-order valence-corrected chi connectivity index (χ3v) is 4.84. The van der Waals surface area contributed by atoms with Gasteiger partial charge in [0.1, 0.15) is 6.10 Å². The van der Waals surface area contributed by atoms with E-state index in [2.05, 4.69) is 0 Å². The molecule has 6 heteroatoms. The molecule has 1 unspecified atom stereocenters. The molecular weight excluding hydrogens is 255 g/mol. The van der Waals surface area contributed by atoms with Gasteiger partial charge >= 0.3 is 13.6 Å². The predicted molar refractivity (Wildman–Crippen MR) is 68.3 cm³/mol. The molecule has 0 N–H and O–H groups in total. The van der Waals surface area contributed by atoms with Crippen molar-refractivity contribution in [3.63, 3.8) is 0 Å². The SMILES string of the molecule is CCOP(=O)(OCC)C1=CC(OC(C)=O)CCC1. The molecule has 0 aromatic rings. The molecule has 0 amide bonds. The Hall–Kier alpha value is -0.640. The summed E-state index contributed by atoms with van der Waals surface area (Å²) in [4.78, 5) is 10.9. The molecule has 0 fully saturated rings. The molecule has 0 bridgehead atoms. The van der Waals surface area contributed by atoms with E-state index < -0.39 is 7.60 Å². The Labute approximate surface area is 108 Å². The first-order valence-electron chi connectivity index (χ1n) is 6.29. The molecule has 0 saturated heterocycles. The molecule has 0 saturated carbocycles. The van der Waals surface area contributed by atoms with Crippen molar-refractivity contribution >= 4 is 13.6 Å². The molecule has 1 aliphatic rings. The third-order valence-electron chi connectivity index (χ3n) is 2.57. The van der Waals surface area contributed by atoms with Crippen LogP contribution in [0.15, 0.2) is 11.4 Å². The van der Waals surface area contributed by atoms with E-state index in [4.69, 9.17) is 13.8 Å². The largest absolute Gasteiger partial charge is 0.458 e. The molecule has 1 aliphatic carbocycles. The fourth-order valence-electron chi connectivity index (χ4n) is 1.94. The van der Waals surface area contributed by atoms with E-state index in [0.29, 0.717) is 24.9 Å². The van der Waals surface area contributed by atoms with E-state index >= 15 is 0 Å². The lowest BCUT2D eigenvalue weighted by molar-refractivity contribution is -0.144. The van der Waals surface area contributed by atoms with E-state index in [-0.39, 0.29) is 12.1 Å². The highest BCUT2D eigenvalue weighted by molar-refractivity contribution is 7.58. The highest BCUT2D eigenvalue weighted by atomic mass is 31.2. The first kappa shape index (κ1) is 15.4. The lowest BCUT2D eigenvalue weighted by Gasteiger charge is -2.25. The maximum Gasteiger partial charge on any atom is 0.357 e. The fraction of sp³-hybridized carbons (Fsp3) is 0.750. The van der Waals surface area contributed by atoms with Crippen LogP contribution < -0.4 is 0 Å². The molecule has 1 atom stereocenters. The fourth-order valence-corrected chi connectivity index (χ4v) is 3.81. The molecule has 0 spiro atoms. The summed E-state index contributed by atoms with van der Waals surface area (Å²) in [6.07, 6.45) is 3.63. The number of allylic oxidation sites excluding steroid dienone is 1. The second-order valence-electron chi connectivity index (χ2n) is 4.03. The molecule has 1 rings (SSSR count). The Morgan fingerprint density at radius 2 is 2.00 bits per heavy atom. The lowest BCUT2D eigenvalue weighted by Crippen LogP contribution is -2.18. The smallest absolute Gasteiger partial charge is 0.357 e. The minimum Gasteiger partial charge on any atom is -0.458 e. The Morgan fingerprint density at radius 3 is 2.50 bits per heavy atom. The van der Waals surface area contributed by atoms with Gasteiger partial charge in [-0.25, -0.2) is 0 Å². The molecule has 104 valence electrons. The van der Waals surface area contributed by atoms with Crippen LogP contribution in [-0.2, 0) is 23.1 Å². The van der Waals surface area contributed by atoms with Crippen molar-refractivity contribution in [3.05, 3.63) is 11.4 Å². The van der Waals surface area contributed by atoms with Crippen molar-refractivity contribution in [2.75, 3.05) is 13.2 Å². The molecule has 0 aliphatic heterocycles. The van der Waals surface area contributed by atoms with Crippen LogP contribution in [0.3, 0.4) is 0 Å². The third kappa shape index (κ3) is 4.23. The summed E-state index contributed by atoms with van der Waals surface area (Å²) in [5.41, 5.74) is 0. The summed E-state index contributed by atoms with van der Waals surface area (Å²) in [6.45, 7) is 5.57. The zero-order valence-electron chi connectivity index (χ0n) is 11.2. The summed E-state index contributed by atoms with van der Waals surface area (Å²) in [5.74, 6) is -0.333. The molecule has 0 aromatic heterocycles. The van der Waals surface area contributed by atoms with Crippen LogP contribution in [-0.4, -0.2) is 25.3 Å². The van der Waals surface area contributed by atoms with Gasteiger partial charge in [0, 0.05) is 12.2 Å². The summed E-state index contributed by atoms with van der Waals surface area (Å²) in [5, 5.41) is 0.628. The van der Waals surface area contributed by atoms with Crippen molar-refractivity contribution in [1.82, 2.24) is 0 Å². The molecule has 0 heterocycles. The standard InChI is InChI=1S/C12H21O5P/c1-4-15-18(14,16-5-2)12-8-6-7-11(9-12)17-10(3)13/h9,11H,4-8H2,1-3H3. The van der Waals surface area contributed by atoms with E-state index in [1.807, 2.05) is 0 Å². The van der Waals surface area contributed by atoms with Gasteiger partial charge in [0.25, 0.3) is 0 Å². The summed E-state index contributed by atoms with van der Waals surface area (Å²) in [7, 11) is -3.21. The number of esters is 1. The van der Waals surface area contributed by atoms with Crippen molar-refractivity contribution in [1.29, 1.82) is 0 Å². The van der Waals surface area contributed by atoms with E-state index in [0.717, 1.165) is 12.8 Å². The van der Waals surface area contributed by atoms with E-state index in [1.165, 1.54) is 6.92 Å². The number of rotatable bonds is 6. The van der Waals surface area contributed by atoms with E-state index in [9.17, 15) is 9.36 Å². The monoisotopic (exact) mass is 276 g/mol. The van der Waals surface area contributed by atoms with Crippen LogP contribution in [0.5, 0.6) is 0 Å².